The molecular weight excluding hydrogens is 324 g/mol. The molecule has 1 atom stereocenters. The van der Waals surface area contributed by atoms with E-state index in [0.29, 0.717) is 13.0 Å². The van der Waals surface area contributed by atoms with Crippen LogP contribution in [0.3, 0.4) is 0 Å². The number of likely N-dealkylation sites (tertiary alicyclic amines) is 1. The van der Waals surface area contributed by atoms with E-state index in [4.69, 9.17) is 0 Å². The number of nitro groups is 1. The van der Waals surface area contributed by atoms with Gasteiger partial charge in [-0.25, -0.2) is 4.79 Å². The summed E-state index contributed by atoms with van der Waals surface area (Å²) in [6.45, 7) is 0.467. The highest BCUT2D eigenvalue weighted by atomic mass is 16.6. The maximum absolute atomic E-state index is 12.6. The second kappa shape index (κ2) is 7.50. The van der Waals surface area contributed by atoms with E-state index >= 15 is 0 Å². The Bertz CT molecular complexity index is 672. The van der Waals surface area contributed by atoms with Gasteiger partial charge in [-0.05, 0) is 31.7 Å². The van der Waals surface area contributed by atoms with Gasteiger partial charge in [-0.2, -0.15) is 0 Å². The Kier molecular flexibility index (Phi) is 5.16. The lowest BCUT2D eigenvalue weighted by Gasteiger charge is -2.25. The largest absolute Gasteiger partial charge is 0.352 e. The minimum absolute atomic E-state index is 0.123. The van der Waals surface area contributed by atoms with E-state index < -0.39 is 17.0 Å². The fourth-order valence-electron chi connectivity index (χ4n) is 3.58. The molecule has 1 aromatic carbocycles. The van der Waals surface area contributed by atoms with Crippen LogP contribution < -0.4 is 10.6 Å². The van der Waals surface area contributed by atoms with E-state index in [1.165, 1.54) is 17.0 Å². The summed E-state index contributed by atoms with van der Waals surface area (Å²) >= 11 is 0. The number of amides is 3. The number of carbonyl (C=O) groups is 2. The van der Waals surface area contributed by atoms with Crippen LogP contribution in [0.5, 0.6) is 0 Å². The Balaban J connectivity index is 1.66. The molecule has 3 amide bonds. The predicted octanol–water partition coefficient (Wildman–Crippen LogP) is 2.65. The Hall–Kier alpha value is -2.64. The zero-order valence-electron chi connectivity index (χ0n) is 13.9. The second-order valence-electron chi connectivity index (χ2n) is 6.55. The van der Waals surface area contributed by atoms with Gasteiger partial charge in [0.15, 0.2) is 0 Å². The summed E-state index contributed by atoms with van der Waals surface area (Å²) < 4.78 is 0. The number of para-hydroxylation sites is 2. The van der Waals surface area contributed by atoms with Crippen LogP contribution in [0.4, 0.5) is 16.2 Å². The normalized spacial score (nSPS) is 20.5. The van der Waals surface area contributed by atoms with Gasteiger partial charge in [0.2, 0.25) is 5.91 Å². The number of hydrogen-bond donors (Lipinski definition) is 2. The van der Waals surface area contributed by atoms with E-state index in [0.717, 1.165) is 32.1 Å². The Morgan fingerprint density at radius 1 is 1.12 bits per heavy atom. The molecule has 0 aromatic heterocycles. The van der Waals surface area contributed by atoms with Crippen LogP contribution in [0.25, 0.3) is 0 Å². The van der Waals surface area contributed by atoms with Crippen molar-refractivity contribution in [2.75, 3.05) is 11.9 Å². The van der Waals surface area contributed by atoms with Gasteiger partial charge < -0.3 is 15.5 Å². The van der Waals surface area contributed by atoms with Crippen molar-refractivity contribution in [3.05, 3.63) is 34.4 Å². The van der Waals surface area contributed by atoms with Gasteiger partial charge in [0.05, 0.1) is 4.92 Å². The standard InChI is InChI=1S/C17H22N4O4/c22-16(18-12-6-1-2-7-12)15-10-5-11-20(15)17(23)19-13-8-3-4-9-14(13)21(24)25/h3-4,8-9,12,15H,1-2,5-7,10-11H2,(H,18,22)(H,19,23)/t15-/m0/s1. The van der Waals surface area contributed by atoms with Gasteiger partial charge in [-0.3, -0.25) is 14.9 Å². The summed E-state index contributed by atoms with van der Waals surface area (Å²) in [6.07, 6.45) is 5.58. The summed E-state index contributed by atoms with van der Waals surface area (Å²) in [5.74, 6) is -0.123. The van der Waals surface area contributed by atoms with E-state index in [1.54, 1.807) is 12.1 Å². The quantitative estimate of drug-likeness (QED) is 0.646. The molecule has 2 aliphatic rings. The van der Waals surface area contributed by atoms with Crippen molar-refractivity contribution in [3.63, 3.8) is 0 Å². The number of hydrogen-bond acceptors (Lipinski definition) is 4. The summed E-state index contributed by atoms with van der Waals surface area (Å²) in [5.41, 5.74) is -0.0265. The number of nitro benzene ring substituents is 1. The summed E-state index contributed by atoms with van der Waals surface area (Å²) in [7, 11) is 0. The highest BCUT2D eigenvalue weighted by Gasteiger charge is 2.35. The van der Waals surface area contributed by atoms with Crippen molar-refractivity contribution in [1.29, 1.82) is 0 Å². The lowest BCUT2D eigenvalue weighted by Crippen LogP contribution is -2.49. The van der Waals surface area contributed by atoms with Crippen molar-refractivity contribution in [3.8, 4) is 0 Å². The fourth-order valence-corrected chi connectivity index (χ4v) is 3.58. The van der Waals surface area contributed by atoms with Crippen LogP contribution in [0.1, 0.15) is 38.5 Å². The summed E-state index contributed by atoms with van der Waals surface area (Å²) in [4.78, 5) is 37.1. The maximum atomic E-state index is 12.6. The topological polar surface area (TPSA) is 105 Å². The lowest BCUT2D eigenvalue weighted by atomic mass is 10.1. The second-order valence-corrected chi connectivity index (χ2v) is 6.55. The SMILES string of the molecule is O=C(NC1CCCC1)[C@@H]1CCCN1C(=O)Nc1ccccc1[N+](=O)[O-]. The molecule has 1 aliphatic carbocycles. The monoisotopic (exact) mass is 346 g/mol. The summed E-state index contributed by atoms with van der Waals surface area (Å²) in [6, 6.07) is 5.21. The molecule has 0 spiro atoms. The van der Waals surface area contributed by atoms with Crippen LogP contribution in [-0.4, -0.2) is 40.4 Å². The number of nitrogens with one attached hydrogen (secondary N) is 2. The fraction of sp³-hybridized carbons (Fsp3) is 0.529. The first-order chi connectivity index (χ1) is 12.1. The highest BCUT2D eigenvalue weighted by molar-refractivity contribution is 5.95. The molecule has 25 heavy (non-hydrogen) atoms. The third kappa shape index (κ3) is 3.89. The van der Waals surface area contributed by atoms with Crippen molar-refractivity contribution in [1.82, 2.24) is 10.2 Å². The molecule has 1 saturated heterocycles. The number of benzene rings is 1. The zero-order chi connectivity index (χ0) is 17.8. The number of anilines is 1. The maximum Gasteiger partial charge on any atom is 0.322 e. The molecule has 8 heteroatoms. The molecule has 1 aliphatic heterocycles. The van der Waals surface area contributed by atoms with Crippen molar-refractivity contribution in [2.24, 2.45) is 0 Å². The van der Waals surface area contributed by atoms with Crippen molar-refractivity contribution in [2.45, 2.75) is 50.6 Å². The van der Waals surface area contributed by atoms with Crippen LogP contribution in [0, 0.1) is 10.1 Å². The molecule has 0 bridgehead atoms. The van der Waals surface area contributed by atoms with E-state index in [2.05, 4.69) is 10.6 Å². The number of urea groups is 1. The van der Waals surface area contributed by atoms with Crippen LogP contribution in [0.2, 0.25) is 0 Å². The average Bonchev–Trinajstić information content (AvgIpc) is 3.26. The third-order valence-electron chi connectivity index (χ3n) is 4.86. The molecule has 1 saturated carbocycles. The van der Waals surface area contributed by atoms with E-state index in [9.17, 15) is 19.7 Å². The molecule has 2 N–H and O–H groups in total. The molecule has 0 radical (unpaired) electrons. The first-order valence-electron chi connectivity index (χ1n) is 8.67. The molecule has 1 aromatic rings. The molecule has 134 valence electrons. The van der Waals surface area contributed by atoms with Gasteiger partial charge in [-0.15, -0.1) is 0 Å². The molecule has 0 unspecified atom stereocenters. The molecule has 8 nitrogen and oxygen atoms in total. The molecular formula is C17H22N4O4. The predicted molar refractivity (Wildman–Crippen MR) is 92.2 cm³/mol. The number of carbonyl (C=O) groups excluding carboxylic acids is 2. The molecule has 1 heterocycles. The van der Waals surface area contributed by atoms with Crippen LogP contribution in [-0.2, 0) is 4.79 Å². The van der Waals surface area contributed by atoms with Crippen LogP contribution in [0.15, 0.2) is 24.3 Å². The van der Waals surface area contributed by atoms with Gasteiger partial charge in [0.1, 0.15) is 11.7 Å². The molecule has 3 rings (SSSR count). The number of nitrogens with zero attached hydrogens (tertiary/aromatic N) is 2. The van der Waals surface area contributed by atoms with E-state index in [-0.39, 0.29) is 23.3 Å². The Morgan fingerprint density at radius 3 is 2.56 bits per heavy atom. The van der Waals surface area contributed by atoms with Gasteiger partial charge in [-0.1, -0.05) is 25.0 Å². The van der Waals surface area contributed by atoms with Gasteiger partial charge >= 0.3 is 6.03 Å². The van der Waals surface area contributed by atoms with Gasteiger partial charge in [0, 0.05) is 18.7 Å². The average molecular weight is 346 g/mol. The lowest BCUT2D eigenvalue weighted by molar-refractivity contribution is -0.383. The minimum Gasteiger partial charge on any atom is -0.352 e. The minimum atomic E-state index is -0.538. The summed E-state index contributed by atoms with van der Waals surface area (Å²) in [5, 5.41) is 16.7. The van der Waals surface area contributed by atoms with E-state index in [1.807, 2.05) is 0 Å². The number of rotatable bonds is 4. The van der Waals surface area contributed by atoms with Crippen molar-refractivity contribution < 1.29 is 14.5 Å². The first kappa shape index (κ1) is 17.2. The third-order valence-corrected chi connectivity index (χ3v) is 4.86. The zero-order valence-corrected chi connectivity index (χ0v) is 13.9. The van der Waals surface area contributed by atoms with Gasteiger partial charge in [0.25, 0.3) is 5.69 Å². The Labute approximate surface area is 145 Å². The first-order valence-corrected chi connectivity index (χ1v) is 8.67. The van der Waals surface area contributed by atoms with Crippen molar-refractivity contribution >= 4 is 23.3 Å². The highest BCUT2D eigenvalue weighted by Crippen LogP contribution is 2.26. The Morgan fingerprint density at radius 2 is 1.84 bits per heavy atom. The smallest absolute Gasteiger partial charge is 0.322 e. The molecule has 2 fully saturated rings. The van der Waals surface area contributed by atoms with Crippen LogP contribution >= 0.6 is 0 Å².